The SMILES string of the molecule is Cc1cc(S(=O)(=O)Nc2nnc(SCc3ccccc3)s2)ccc1F. The summed E-state index contributed by atoms with van der Waals surface area (Å²) in [6.45, 7) is 1.51. The van der Waals surface area contributed by atoms with Crippen LogP contribution in [0.5, 0.6) is 0 Å². The van der Waals surface area contributed by atoms with Crippen molar-refractivity contribution >= 4 is 38.3 Å². The Morgan fingerprint density at radius 2 is 1.92 bits per heavy atom. The molecule has 0 saturated carbocycles. The van der Waals surface area contributed by atoms with E-state index in [1.54, 1.807) is 0 Å². The Balaban J connectivity index is 1.68. The van der Waals surface area contributed by atoms with E-state index in [0.29, 0.717) is 4.34 Å². The minimum Gasteiger partial charge on any atom is -0.253 e. The molecule has 9 heteroatoms. The maximum Gasteiger partial charge on any atom is 0.263 e. The van der Waals surface area contributed by atoms with E-state index in [1.165, 1.54) is 30.8 Å². The number of anilines is 1. The Bertz CT molecular complexity index is 975. The summed E-state index contributed by atoms with van der Waals surface area (Å²) in [5.74, 6) is 0.272. The van der Waals surface area contributed by atoms with Gasteiger partial charge in [-0.1, -0.05) is 53.4 Å². The van der Waals surface area contributed by atoms with Crippen LogP contribution in [0.25, 0.3) is 0 Å². The number of hydrogen-bond donors (Lipinski definition) is 1. The van der Waals surface area contributed by atoms with Gasteiger partial charge in [0, 0.05) is 5.75 Å². The number of rotatable bonds is 6. The van der Waals surface area contributed by atoms with Crippen LogP contribution < -0.4 is 4.72 Å². The number of thioether (sulfide) groups is 1. The Morgan fingerprint density at radius 1 is 1.16 bits per heavy atom. The maximum atomic E-state index is 13.3. The molecule has 5 nitrogen and oxygen atoms in total. The first kappa shape index (κ1) is 17.8. The molecular weight excluding hydrogens is 381 g/mol. The van der Waals surface area contributed by atoms with Crippen molar-refractivity contribution in [2.75, 3.05) is 4.72 Å². The number of aryl methyl sites for hydroxylation is 1. The molecule has 0 amide bonds. The van der Waals surface area contributed by atoms with Gasteiger partial charge in [-0.2, -0.15) is 0 Å². The lowest BCUT2D eigenvalue weighted by Gasteiger charge is -2.05. The topological polar surface area (TPSA) is 72.0 Å². The molecule has 0 bridgehead atoms. The van der Waals surface area contributed by atoms with Crippen molar-refractivity contribution in [3.63, 3.8) is 0 Å². The maximum absolute atomic E-state index is 13.3. The molecule has 0 unspecified atom stereocenters. The highest BCUT2D eigenvalue weighted by atomic mass is 32.2. The van der Waals surface area contributed by atoms with Gasteiger partial charge in [0.25, 0.3) is 10.0 Å². The summed E-state index contributed by atoms with van der Waals surface area (Å²) in [6, 6.07) is 13.5. The molecule has 1 aromatic heterocycles. The number of hydrogen-bond acceptors (Lipinski definition) is 6. The predicted molar refractivity (Wildman–Crippen MR) is 97.9 cm³/mol. The van der Waals surface area contributed by atoms with Crippen molar-refractivity contribution in [2.24, 2.45) is 0 Å². The van der Waals surface area contributed by atoms with Crippen LogP contribution in [0.3, 0.4) is 0 Å². The molecule has 3 aromatic rings. The Morgan fingerprint density at radius 3 is 2.64 bits per heavy atom. The Labute approximate surface area is 153 Å². The predicted octanol–water partition coefficient (Wildman–Crippen LogP) is 4.08. The molecule has 0 fully saturated rings. The zero-order valence-electron chi connectivity index (χ0n) is 13.1. The van der Waals surface area contributed by atoms with Gasteiger partial charge >= 0.3 is 0 Å². The molecule has 1 heterocycles. The first-order chi connectivity index (χ1) is 11.9. The van der Waals surface area contributed by atoms with Crippen LogP contribution in [-0.4, -0.2) is 18.6 Å². The average Bonchev–Trinajstić information content (AvgIpc) is 3.03. The molecule has 0 saturated heterocycles. The standard InChI is InChI=1S/C16H14FN3O2S3/c1-11-9-13(7-8-14(11)17)25(21,22)20-15-18-19-16(24-15)23-10-12-5-3-2-4-6-12/h2-9H,10H2,1H3,(H,18,20). The largest absolute Gasteiger partial charge is 0.263 e. The van der Waals surface area contributed by atoms with Crippen LogP contribution in [0.1, 0.15) is 11.1 Å². The monoisotopic (exact) mass is 395 g/mol. The molecule has 0 aliphatic carbocycles. The van der Waals surface area contributed by atoms with E-state index in [-0.39, 0.29) is 15.6 Å². The molecule has 0 aliphatic heterocycles. The summed E-state index contributed by atoms with van der Waals surface area (Å²) in [5.41, 5.74) is 1.41. The molecule has 1 N–H and O–H groups in total. The van der Waals surface area contributed by atoms with Crippen LogP contribution in [-0.2, 0) is 15.8 Å². The summed E-state index contributed by atoms with van der Waals surface area (Å²) < 4.78 is 41.1. The lowest BCUT2D eigenvalue weighted by molar-refractivity contribution is 0.598. The molecule has 25 heavy (non-hydrogen) atoms. The molecule has 3 rings (SSSR count). The van der Waals surface area contributed by atoms with Gasteiger partial charge in [0.2, 0.25) is 5.13 Å². The van der Waals surface area contributed by atoms with Gasteiger partial charge in [0.15, 0.2) is 4.34 Å². The second-order valence-electron chi connectivity index (χ2n) is 5.16. The Hall–Kier alpha value is -1.97. The fourth-order valence-corrected chi connectivity index (χ4v) is 5.01. The van der Waals surface area contributed by atoms with E-state index in [9.17, 15) is 12.8 Å². The summed E-state index contributed by atoms with van der Waals surface area (Å²) in [6.07, 6.45) is 0. The van der Waals surface area contributed by atoms with E-state index in [1.807, 2.05) is 30.3 Å². The highest BCUT2D eigenvalue weighted by Crippen LogP contribution is 2.29. The van der Waals surface area contributed by atoms with Crippen molar-refractivity contribution in [1.29, 1.82) is 0 Å². The minimum atomic E-state index is -3.82. The van der Waals surface area contributed by atoms with Crippen LogP contribution in [0.4, 0.5) is 9.52 Å². The van der Waals surface area contributed by atoms with Gasteiger partial charge in [-0.3, -0.25) is 4.72 Å². The van der Waals surface area contributed by atoms with Crippen molar-refractivity contribution in [3.8, 4) is 0 Å². The highest BCUT2D eigenvalue weighted by Gasteiger charge is 2.18. The first-order valence-electron chi connectivity index (χ1n) is 7.23. The summed E-state index contributed by atoms with van der Waals surface area (Å²) in [5, 5.41) is 8.03. The van der Waals surface area contributed by atoms with Gasteiger partial charge < -0.3 is 0 Å². The van der Waals surface area contributed by atoms with Crippen LogP contribution in [0.15, 0.2) is 57.8 Å². The van der Waals surface area contributed by atoms with Gasteiger partial charge in [-0.25, -0.2) is 12.8 Å². The smallest absolute Gasteiger partial charge is 0.253 e. The third-order valence-corrected chi connectivity index (χ3v) is 6.78. The number of halogens is 1. The number of sulfonamides is 1. The quantitative estimate of drug-likeness (QED) is 0.637. The van der Waals surface area contributed by atoms with E-state index in [2.05, 4.69) is 14.9 Å². The van der Waals surface area contributed by atoms with Crippen LogP contribution >= 0.6 is 23.1 Å². The van der Waals surface area contributed by atoms with Crippen molar-refractivity contribution < 1.29 is 12.8 Å². The van der Waals surface area contributed by atoms with Crippen LogP contribution in [0, 0.1) is 12.7 Å². The van der Waals surface area contributed by atoms with Gasteiger partial charge in [-0.05, 0) is 36.2 Å². The van der Waals surface area contributed by atoms with Crippen molar-refractivity contribution in [3.05, 3.63) is 65.5 Å². The third kappa shape index (κ3) is 4.56. The van der Waals surface area contributed by atoms with E-state index in [0.717, 1.165) is 28.7 Å². The normalized spacial score (nSPS) is 11.4. The lowest BCUT2D eigenvalue weighted by atomic mass is 10.2. The van der Waals surface area contributed by atoms with Crippen LogP contribution in [0.2, 0.25) is 0 Å². The number of nitrogens with one attached hydrogen (secondary N) is 1. The summed E-state index contributed by atoms with van der Waals surface area (Å²) >= 11 is 2.64. The fourth-order valence-electron chi connectivity index (χ4n) is 1.99. The molecule has 2 aromatic carbocycles. The lowest BCUT2D eigenvalue weighted by Crippen LogP contribution is -2.13. The highest BCUT2D eigenvalue weighted by molar-refractivity contribution is 8.00. The van der Waals surface area contributed by atoms with E-state index < -0.39 is 15.8 Å². The Kier molecular flexibility index (Phi) is 5.36. The average molecular weight is 396 g/mol. The number of nitrogens with zero attached hydrogens (tertiary/aromatic N) is 2. The zero-order chi connectivity index (χ0) is 17.9. The summed E-state index contributed by atoms with van der Waals surface area (Å²) in [7, 11) is -3.82. The molecule has 0 radical (unpaired) electrons. The molecule has 0 atom stereocenters. The van der Waals surface area contributed by atoms with Gasteiger partial charge in [-0.15, -0.1) is 10.2 Å². The second kappa shape index (κ2) is 7.51. The van der Waals surface area contributed by atoms with Crippen molar-refractivity contribution in [2.45, 2.75) is 21.9 Å². The molecule has 130 valence electrons. The second-order valence-corrected chi connectivity index (χ2v) is 9.05. The fraction of sp³-hybridized carbons (Fsp3) is 0.125. The minimum absolute atomic E-state index is 0.0138. The van der Waals surface area contributed by atoms with Crippen molar-refractivity contribution in [1.82, 2.24) is 10.2 Å². The number of benzene rings is 2. The number of aromatic nitrogens is 2. The molecule has 0 spiro atoms. The molecule has 0 aliphatic rings. The van der Waals surface area contributed by atoms with Gasteiger partial charge in [0.05, 0.1) is 4.90 Å². The van der Waals surface area contributed by atoms with Gasteiger partial charge in [0.1, 0.15) is 5.82 Å². The van der Waals surface area contributed by atoms with E-state index in [4.69, 9.17) is 0 Å². The zero-order valence-corrected chi connectivity index (χ0v) is 15.6. The summed E-state index contributed by atoms with van der Waals surface area (Å²) in [4.78, 5) is -0.0138. The molecular formula is C16H14FN3O2S3. The third-order valence-electron chi connectivity index (χ3n) is 3.27. The van der Waals surface area contributed by atoms with E-state index >= 15 is 0 Å². The first-order valence-corrected chi connectivity index (χ1v) is 10.5.